The van der Waals surface area contributed by atoms with Crippen LogP contribution in [0.25, 0.3) is 11.5 Å². The van der Waals surface area contributed by atoms with Gasteiger partial charge in [-0.3, -0.25) is 4.79 Å². The van der Waals surface area contributed by atoms with Gasteiger partial charge in [0, 0.05) is 5.56 Å². The molecule has 3 aromatic rings. The Kier molecular flexibility index (Phi) is 4.74. The highest BCUT2D eigenvalue weighted by atomic mass is 16.5. The maximum absolute atomic E-state index is 12.5. The van der Waals surface area contributed by atoms with Crippen molar-refractivity contribution < 1.29 is 18.7 Å². The van der Waals surface area contributed by atoms with Crippen molar-refractivity contribution in [3.8, 4) is 23.0 Å². The fraction of sp³-hybridized carbons (Fsp3) is 0.250. The van der Waals surface area contributed by atoms with Gasteiger partial charge in [-0.1, -0.05) is 18.2 Å². The number of benzene rings is 2. The van der Waals surface area contributed by atoms with Gasteiger partial charge in [-0.2, -0.15) is 0 Å². The Bertz CT molecular complexity index is 939. The molecule has 0 aliphatic carbocycles. The summed E-state index contributed by atoms with van der Waals surface area (Å²) in [4.78, 5) is 12.5. The molecule has 0 unspecified atom stereocenters. The summed E-state index contributed by atoms with van der Waals surface area (Å²) in [7, 11) is 1.61. The van der Waals surface area contributed by atoms with E-state index in [-0.39, 0.29) is 18.4 Å². The smallest absolute Gasteiger partial charge is 0.247 e. The molecule has 1 amide bonds. The Balaban J connectivity index is 1.37. The van der Waals surface area contributed by atoms with Gasteiger partial charge in [-0.15, -0.1) is 10.2 Å². The number of aromatic nitrogens is 2. The lowest BCUT2D eigenvalue weighted by molar-refractivity contribution is -0.126. The second kappa shape index (κ2) is 7.49. The molecule has 0 saturated carbocycles. The van der Waals surface area contributed by atoms with Crippen molar-refractivity contribution in [2.75, 3.05) is 13.7 Å². The molecule has 0 spiro atoms. The average Bonchev–Trinajstić information content (AvgIpc) is 3.21. The van der Waals surface area contributed by atoms with Crippen molar-refractivity contribution in [1.29, 1.82) is 0 Å². The summed E-state index contributed by atoms with van der Waals surface area (Å²) in [5.41, 5.74) is 1.80. The van der Waals surface area contributed by atoms with E-state index in [1.807, 2.05) is 48.5 Å². The molecule has 4 rings (SSSR count). The van der Waals surface area contributed by atoms with E-state index in [1.165, 1.54) is 0 Å². The van der Waals surface area contributed by atoms with Crippen LogP contribution in [0.15, 0.2) is 52.9 Å². The second-order valence-electron chi connectivity index (χ2n) is 6.27. The molecule has 0 radical (unpaired) electrons. The highest BCUT2D eigenvalue weighted by molar-refractivity contribution is 5.79. The van der Waals surface area contributed by atoms with Crippen molar-refractivity contribution in [3.05, 3.63) is 60.0 Å². The van der Waals surface area contributed by atoms with Gasteiger partial charge in [0.1, 0.15) is 18.1 Å². The van der Waals surface area contributed by atoms with Crippen LogP contribution < -0.4 is 14.8 Å². The summed E-state index contributed by atoms with van der Waals surface area (Å²) in [6, 6.07) is 15.1. The van der Waals surface area contributed by atoms with Crippen LogP contribution in [0.4, 0.5) is 0 Å². The molecule has 0 bridgehead atoms. The third-order valence-corrected chi connectivity index (χ3v) is 4.45. The van der Waals surface area contributed by atoms with Gasteiger partial charge in [-0.05, 0) is 42.3 Å². The monoisotopic (exact) mass is 365 g/mol. The van der Waals surface area contributed by atoms with E-state index in [9.17, 15) is 4.79 Å². The highest BCUT2D eigenvalue weighted by Crippen LogP contribution is 2.30. The lowest BCUT2D eigenvalue weighted by Crippen LogP contribution is -2.37. The van der Waals surface area contributed by atoms with E-state index in [2.05, 4.69) is 15.5 Å². The van der Waals surface area contributed by atoms with Crippen molar-refractivity contribution in [3.63, 3.8) is 0 Å². The number of nitrogens with one attached hydrogen (secondary N) is 1. The number of carbonyl (C=O) groups is 1. The van der Waals surface area contributed by atoms with Crippen LogP contribution in [-0.2, 0) is 17.8 Å². The molecule has 1 aromatic heterocycles. The Morgan fingerprint density at radius 2 is 2.07 bits per heavy atom. The number of fused-ring (bicyclic) bond motifs is 1. The third-order valence-electron chi connectivity index (χ3n) is 4.45. The number of methoxy groups -OCH3 is 1. The molecule has 1 N–H and O–H groups in total. The number of hydrogen-bond acceptors (Lipinski definition) is 6. The summed E-state index contributed by atoms with van der Waals surface area (Å²) >= 11 is 0. The fourth-order valence-corrected chi connectivity index (χ4v) is 3.00. The third kappa shape index (κ3) is 3.76. The maximum Gasteiger partial charge on any atom is 0.247 e. The van der Waals surface area contributed by atoms with E-state index in [1.54, 1.807) is 7.11 Å². The van der Waals surface area contributed by atoms with Crippen LogP contribution in [0.3, 0.4) is 0 Å². The quantitative estimate of drug-likeness (QED) is 0.748. The molecule has 7 nitrogen and oxygen atoms in total. The Hall–Kier alpha value is -3.35. The van der Waals surface area contributed by atoms with Crippen LogP contribution in [-0.4, -0.2) is 29.8 Å². The molecule has 27 heavy (non-hydrogen) atoms. The first-order valence-corrected chi connectivity index (χ1v) is 8.68. The van der Waals surface area contributed by atoms with Gasteiger partial charge in [0.15, 0.2) is 0 Å². The molecule has 2 heterocycles. The van der Waals surface area contributed by atoms with E-state index >= 15 is 0 Å². The minimum Gasteiger partial charge on any atom is -0.497 e. The van der Waals surface area contributed by atoms with Gasteiger partial charge in [-0.25, -0.2) is 0 Å². The van der Waals surface area contributed by atoms with Crippen molar-refractivity contribution in [2.45, 2.75) is 13.0 Å². The normalized spacial score (nSPS) is 15.5. The van der Waals surface area contributed by atoms with Crippen molar-refractivity contribution in [1.82, 2.24) is 15.5 Å². The SMILES string of the molecule is COc1ccc2c(c1)C[C@H](C(=O)NCc1nnc(-c3ccccc3)o1)CO2. The van der Waals surface area contributed by atoms with Crippen molar-refractivity contribution >= 4 is 5.91 Å². The molecule has 1 atom stereocenters. The standard InChI is InChI=1S/C20H19N3O4/c1-25-16-7-8-17-14(10-16)9-15(12-26-17)19(24)21-11-18-22-23-20(27-18)13-5-3-2-4-6-13/h2-8,10,15H,9,11-12H2,1H3,(H,21,24)/t15-/m0/s1. The number of hydrogen-bond donors (Lipinski definition) is 1. The molecule has 0 saturated heterocycles. The molecule has 0 fully saturated rings. The summed E-state index contributed by atoms with van der Waals surface area (Å²) in [5.74, 6) is 1.95. The summed E-state index contributed by atoms with van der Waals surface area (Å²) in [6.07, 6.45) is 0.595. The molecule has 138 valence electrons. The van der Waals surface area contributed by atoms with Gasteiger partial charge in [0.05, 0.1) is 19.6 Å². The average molecular weight is 365 g/mol. The lowest BCUT2D eigenvalue weighted by atomic mass is 9.96. The number of carbonyl (C=O) groups excluding carboxylic acids is 1. The molecular formula is C20H19N3O4. The zero-order valence-electron chi connectivity index (χ0n) is 14.8. The predicted octanol–water partition coefficient (Wildman–Crippen LogP) is 2.61. The largest absolute Gasteiger partial charge is 0.497 e. The highest BCUT2D eigenvalue weighted by Gasteiger charge is 2.26. The van der Waals surface area contributed by atoms with E-state index < -0.39 is 0 Å². The molecule has 7 heteroatoms. The van der Waals surface area contributed by atoms with Crippen LogP contribution in [0.1, 0.15) is 11.5 Å². The summed E-state index contributed by atoms with van der Waals surface area (Å²) in [5, 5.41) is 10.9. The van der Waals surface area contributed by atoms with E-state index in [0.29, 0.717) is 24.8 Å². The minimum absolute atomic E-state index is 0.108. The number of ether oxygens (including phenoxy) is 2. The minimum atomic E-state index is -0.277. The van der Waals surface area contributed by atoms with Crippen LogP contribution in [0, 0.1) is 5.92 Å². The van der Waals surface area contributed by atoms with Crippen LogP contribution in [0.2, 0.25) is 0 Å². The zero-order chi connectivity index (χ0) is 18.6. The van der Waals surface area contributed by atoms with Gasteiger partial charge in [0.2, 0.25) is 17.7 Å². The zero-order valence-corrected chi connectivity index (χ0v) is 14.8. The summed E-state index contributed by atoms with van der Waals surface area (Å²) in [6.45, 7) is 0.518. The second-order valence-corrected chi connectivity index (χ2v) is 6.27. The lowest BCUT2D eigenvalue weighted by Gasteiger charge is -2.24. The van der Waals surface area contributed by atoms with Gasteiger partial charge in [0.25, 0.3) is 0 Å². The van der Waals surface area contributed by atoms with Gasteiger partial charge < -0.3 is 19.2 Å². The first-order chi connectivity index (χ1) is 13.2. The first kappa shape index (κ1) is 17.1. The Morgan fingerprint density at radius 3 is 2.89 bits per heavy atom. The topological polar surface area (TPSA) is 86.5 Å². The molecule has 1 aliphatic rings. The van der Waals surface area contributed by atoms with Crippen molar-refractivity contribution in [2.24, 2.45) is 5.92 Å². The Labute approximate surface area is 156 Å². The first-order valence-electron chi connectivity index (χ1n) is 8.68. The molecule has 2 aromatic carbocycles. The molecular weight excluding hydrogens is 346 g/mol. The number of amides is 1. The fourth-order valence-electron chi connectivity index (χ4n) is 3.00. The van der Waals surface area contributed by atoms with Gasteiger partial charge >= 0.3 is 0 Å². The number of nitrogens with zero attached hydrogens (tertiary/aromatic N) is 2. The Morgan fingerprint density at radius 1 is 1.22 bits per heavy atom. The predicted molar refractivity (Wildman–Crippen MR) is 97.3 cm³/mol. The van der Waals surface area contributed by atoms with Crippen LogP contribution in [0.5, 0.6) is 11.5 Å². The number of rotatable bonds is 5. The van der Waals surface area contributed by atoms with E-state index in [0.717, 1.165) is 22.6 Å². The maximum atomic E-state index is 12.5. The summed E-state index contributed by atoms with van der Waals surface area (Å²) < 4.78 is 16.5. The van der Waals surface area contributed by atoms with E-state index in [4.69, 9.17) is 13.9 Å². The molecule has 1 aliphatic heterocycles. The van der Waals surface area contributed by atoms with Crippen LogP contribution >= 0.6 is 0 Å².